The number of carbonyl (C=O) groups excluding carboxylic acids is 2. The predicted molar refractivity (Wildman–Crippen MR) is 233 cm³/mol. The van der Waals surface area contributed by atoms with Crippen LogP contribution in [0.1, 0.15) is 115 Å². The molecule has 4 aliphatic heterocycles. The third-order valence-electron chi connectivity index (χ3n) is 14.4. The van der Waals surface area contributed by atoms with E-state index < -0.39 is 96.1 Å². The molecule has 18 atom stereocenters. The van der Waals surface area contributed by atoms with Crippen LogP contribution in [0.4, 0.5) is 4.79 Å². The topological polar surface area (TPSA) is 167 Å². The summed E-state index contributed by atoms with van der Waals surface area (Å²) in [5.41, 5.74) is -3.65. The van der Waals surface area contributed by atoms with Gasteiger partial charge in [0.2, 0.25) is 0 Å². The zero-order valence-electron chi connectivity index (χ0n) is 41.0. The van der Waals surface area contributed by atoms with E-state index in [-0.39, 0.29) is 36.9 Å². The largest absolute Gasteiger partial charge is 0.509 e. The Hall–Kier alpha value is -1.70. The van der Waals surface area contributed by atoms with E-state index in [1.807, 2.05) is 74.5 Å². The summed E-state index contributed by atoms with van der Waals surface area (Å²) in [5.74, 6) is -2.38. The second-order valence-electron chi connectivity index (χ2n) is 19.8. The molecule has 0 amide bonds. The summed E-state index contributed by atoms with van der Waals surface area (Å²) >= 11 is 0. The first-order chi connectivity index (χ1) is 29.0. The summed E-state index contributed by atoms with van der Waals surface area (Å²) in [4.78, 5) is 33.9. The number of aliphatic hydroxyl groups excluding tert-OH is 1. The minimum atomic E-state index is -1.54. The third-order valence-corrected chi connectivity index (χ3v) is 14.4. The first-order valence-electron chi connectivity index (χ1n) is 23.3. The van der Waals surface area contributed by atoms with Gasteiger partial charge in [0.25, 0.3) is 0 Å². The molecule has 0 bridgehead atoms. The highest BCUT2D eigenvalue weighted by atomic mass is 16.8. The van der Waals surface area contributed by atoms with E-state index in [0.29, 0.717) is 26.0 Å². The van der Waals surface area contributed by atoms with E-state index >= 15 is 0 Å². The lowest BCUT2D eigenvalue weighted by atomic mass is 9.77. The molecular weight excluding hydrogens is 803 g/mol. The highest BCUT2D eigenvalue weighted by molar-refractivity contribution is 5.73. The molecule has 4 heterocycles. The smallest absolute Gasteiger partial charge is 0.458 e. The Bertz CT molecular complexity index is 1420. The van der Waals surface area contributed by atoms with Crippen molar-refractivity contribution in [2.75, 3.05) is 61.0 Å². The second-order valence-corrected chi connectivity index (χ2v) is 19.8. The number of hydrogen-bond acceptors (Lipinski definition) is 16. The van der Waals surface area contributed by atoms with Gasteiger partial charge in [0.05, 0.1) is 41.5 Å². The van der Waals surface area contributed by atoms with Crippen molar-refractivity contribution in [2.45, 2.75) is 205 Å². The summed E-state index contributed by atoms with van der Waals surface area (Å²) in [5, 5.41) is 24.5. The van der Waals surface area contributed by atoms with Crippen LogP contribution in [0.25, 0.3) is 0 Å². The van der Waals surface area contributed by atoms with E-state index in [1.54, 1.807) is 27.9 Å². The van der Waals surface area contributed by atoms with Crippen molar-refractivity contribution in [1.82, 2.24) is 14.7 Å². The number of hydrogen-bond donors (Lipinski definition) is 2. The number of aliphatic hydroxyl groups is 2. The average molecular weight is 888 g/mol. The number of fused-ring (bicyclic) bond motifs is 1. The van der Waals surface area contributed by atoms with E-state index in [2.05, 4.69) is 23.6 Å². The Morgan fingerprint density at radius 3 is 2.18 bits per heavy atom. The molecule has 0 aromatic heterocycles. The second kappa shape index (κ2) is 22.2. The number of methoxy groups -OCH3 is 1. The van der Waals surface area contributed by atoms with E-state index in [4.69, 9.17) is 42.6 Å². The van der Waals surface area contributed by atoms with Crippen LogP contribution in [-0.2, 0) is 47.4 Å². The summed E-state index contributed by atoms with van der Waals surface area (Å²) in [6, 6.07) is -0.609. The first-order valence-corrected chi connectivity index (χ1v) is 23.3. The van der Waals surface area contributed by atoms with Crippen LogP contribution >= 0.6 is 0 Å². The maximum atomic E-state index is 14.7. The Labute approximate surface area is 372 Å². The van der Waals surface area contributed by atoms with Crippen molar-refractivity contribution in [3.05, 3.63) is 0 Å². The normalized spacial score (nSPS) is 44.3. The average Bonchev–Trinajstić information content (AvgIpc) is 3.51. The Morgan fingerprint density at radius 2 is 1.58 bits per heavy atom. The fourth-order valence-corrected chi connectivity index (χ4v) is 10.7. The predicted octanol–water partition coefficient (Wildman–Crippen LogP) is 4.84. The van der Waals surface area contributed by atoms with Crippen molar-refractivity contribution in [2.24, 2.45) is 17.8 Å². The lowest BCUT2D eigenvalue weighted by molar-refractivity contribution is -0.320. The van der Waals surface area contributed by atoms with Crippen LogP contribution in [0.5, 0.6) is 0 Å². The molecule has 0 spiro atoms. The monoisotopic (exact) mass is 888 g/mol. The Kier molecular flexibility index (Phi) is 18.9. The molecule has 0 aromatic carbocycles. The van der Waals surface area contributed by atoms with Crippen molar-refractivity contribution in [3.8, 4) is 0 Å². The standard InChI is InChI=1S/C46H85N3O13/c1-17-34-46(12)39(61-43(52)62-46)31(8)48(15)26-27(4)24-44(10,53)38(60-42-36(50)33(47(13)14)23-28(5)56-42)29(6)37(30(7)41(51)58-34)59-35-25-45(11,54-16)40(32(9)57-35)55-22-20-21-49(18-2)19-3/h27-40,42,50,53H,17-26H2,1-16H3/t27-,28-,29+,30-,31-,32+,33+,34-,35+,36-,37+,38-,39-,40+,42+,44-,45-,46-/m1/s1. The van der Waals surface area contributed by atoms with Gasteiger partial charge in [-0.05, 0) is 114 Å². The number of cyclic esters (lactones) is 1. The number of likely N-dealkylation sites (N-methyl/N-ethyl adjacent to an activating group) is 2. The molecule has 62 heavy (non-hydrogen) atoms. The van der Waals surface area contributed by atoms with Crippen LogP contribution in [0, 0.1) is 17.8 Å². The summed E-state index contributed by atoms with van der Waals surface area (Å²) in [6.07, 6.45) is -6.19. The minimum Gasteiger partial charge on any atom is -0.458 e. The molecule has 0 aromatic rings. The molecule has 0 radical (unpaired) electrons. The number of esters is 1. The molecule has 4 aliphatic rings. The van der Waals surface area contributed by atoms with E-state index in [9.17, 15) is 19.8 Å². The van der Waals surface area contributed by atoms with Gasteiger partial charge in [-0.1, -0.05) is 34.6 Å². The van der Waals surface area contributed by atoms with Crippen LogP contribution in [-0.4, -0.2) is 188 Å². The fraction of sp³-hybridized carbons (Fsp3) is 0.957. The molecular formula is C46H85N3O13. The zero-order chi connectivity index (χ0) is 46.5. The molecule has 4 saturated heterocycles. The van der Waals surface area contributed by atoms with Crippen LogP contribution in [0.2, 0.25) is 0 Å². The SMILES string of the molecule is CC[C@H]1OC(=O)[C@H](C)[C@@H](O[C@H]2C[C@@](C)(OC)[C@@H](OCCCN(CC)CC)[C@H](C)O2)[C@H](C)[C@@H](O[C@@H]2O[C@H](C)C[C@H](N(C)C)[C@H]2O)[C@](C)(O)C[C@@H](C)CN(C)[C@H](C)[C@H]2OC(=O)O[C@@]21C. The van der Waals surface area contributed by atoms with Crippen molar-refractivity contribution in [3.63, 3.8) is 0 Å². The number of carbonyl (C=O) groups is 2. The van der Waals surface area contributed by atoms with Gasteiger partial charge in [-0.25, -0.2) is 4.79 Å². The van der Waals surface area contributed by atoms with Crippen LogP contribution in [0.3, 0.4) is 0 Å². The molecule has 0 unspecified atom stereocenters. The summed E-state index contributed by atoms with van der Waals surface area (Å²) < 4.78 is 57.5. The molecule has 16 nitrogen and oxygen atoms in total. The van der Waals surface area contributed by atoms with Gasteiger partial charge in [0, 0.05) is 51.2 Å². The summed E-state index contributed by atoms with van der Waals surface area (Å²) in [7, 11) is 7.41. The maximum absolute atomic E-state index is 14.7. The zero-order valence-corrected chi connectivity index (χ0v) is 41.0. The van der Waals surface area contributed by atoms with Crippen LogP contribution in [0.15, 0.2) is 0 Å². The summed E-state index contributed by atoms with van der Waals surface area (Å²) in [6.45, 7) is 27.1. The molecule has 2 N–H and O–H groups in total. The molecule has 362 valence electrons. The van der Waals surface area contributed by atoms with Gasteiger partial charge >= 0.3 is 12.1 Å². The van der Waals surface area contributed by atoms with Gasteiger partial charge in [-0.3, -0.25) is 9.69 Å². The number of nitrogens with zero attached hydrogens (tertiary/aromatic N) is 3. The molecule has 4 rings (SSSR count). The highest BCUT2D eigenvalue weighted by Crippen LogP contribution is 2.42. The highest BCUT2D eigenvalue weighted by Gasteiger charge is 2.58. The van der Waals surface area contributed by atoms with Crippen LogP contribution < -0.4 is 0 Å². The van der Waals surface area contributed by atoms with Crippen molar-refractivity contribution in [1.29, 1.82) is 0 Å². The van der Waals surface area contributed by atoms with Gasteiger partial charge in [0.15, 0.2) is 24.3 Å². The van der Waals surface area contributed by atoms with Gasteiger partial charge in [-0.2, -0.15) is 0 Å². The van der Waals surface area contributed by atoms with Gasteiger partial charge in [-0.15, -0.1) is 0 Å². The van der Waals surface area contributed by atoms with E-state index in [0.717, 1.165) is 26.1 Å². The fourth-order valence-electron chi connectivity index (χ4n) is 10.7. The molecule has 4 fully saturated rings. The maximum Gasteiger partial charge on any atom is 0.509 e. The third kappa shape index (κ3) is 12.2. The Morgan fingerprint density at radius 1 is 0.919 bits per heavy atom. The lowest BCUT2D eigenvalue weighted by Crippen LogP contribution is -2.61. The Balaban J connectivity index is 1.77. The van der Waals surface area contributed by atoms with E-state index in [1.165, 1.54) is 0 Å². The van der Waals surface area contributed by atoms with Crippen molar-refractivity contribution < 1.29 is 62.4 Å². The molecule has 0 aliphatic carbocycles. The number of rotatable bonds is 14. The van der Waals surface area contributed by atoms with Crippen molar-refractivity contribution >= 4 is 12.1 Å². The lowest BCUT2D eigenvalue weighted by Gasteiger charge is -2.49. The molecule has 0 saturated carbocycles. The first kappa shape index (κ1) is 52.9. The minimum absolute atomic E-state index is 0.110. The number of ether oxygens (including phenoxy) is 9. The quantitative estimate of drug-likeness (QED) is 0.180. The molecule has 16 heteroatoms. The van der Waals surface area contributed by atoms with Gasteiger partial charge < -0.3 is 62.6 Å². The van der Waals surface area contributed by atoms with Gasteiger partial charge in [0.1, 0.15) is 18.3 Å².